The summed E-state index contributed by atoms with van der Waals surface area (Å²) in [7, 11) is 0. The monoisotopic (exact) mass is 207 g/mol. The minimum atomic E-state index is -0.993. The zero-order chi connectivity index (χ0) is 10.8. The number of carboxylic acid groups (broad SMARTS) is 1. The third-order valence-electron chi connectivity index (χ3n) is 2.66. The van der Waals surface area contributed by atoms with Gasteiger partial charge in [-0.05, 0) is 31.0 Å². The van der Waals surface area contributed by atoms with E-state index in [1.807, 2.05) is 4.90 Å². The molecule has 80 valence electrons. The van der Waals surface area contributed by atoms with E-state index >= 15 is 0 Å². The lowest BCUT2D eigenvalue weighted by Gasteiger charge is -2.19. The van der Waals surface area contributed by atoms with Gasteiger partial charge in [-0.1, -0.05) is 0 Å². The highest BCUT2D eigenvalue weighted by atomic mass is 16.4. The van der Waals surface area contributed by atoms with Gasteiger partial charge in [0.15, 0.2) is 0 Å². The molecule has 0 bridgehead atoms. The van der Waals surface area contributed by atoms with Gasteiger partial charge < -0.3 is 15.1 Å². The molecule has 0 radical (unpaired) electrons. The van der Waals surface area contributed by atoms with Crippen LogP contribution in [0.5, 0.6) is 5.75 Å². The van der Waals surface area contributed by atoms with Crippen LogP contribution in [0.3, 0.4) is 0 Å². The van der Waals surface area contributed by atoms with Crippen molar-refractivity contribution in [3.63, 3.8) is 0 Å². The lowest BCUT2D eigenvalue weighted by Crippen LogP contribution is -2.20. The summed E-state index contributed by atoms with van der Waals surface area (Å²) in [6.07, 6.45) is 2.19. The summed E-state index contributed by atoms with van der Waals surface area (Å²) in [4.78, 5) is 13.0. The lowest BCUT2D eigenvalue weighted by molar-refractivity contribution is 0.0697. The van der Waals surface area contributed by atoms with Crippen molar-refractivity contribution in [2.24, 2.45) is 0 Å². The van der Waals surface area contributed by atoms with Gasteiger partial charge >= 0.3 is 5.97 Å². The fourth-order valence-corrected chi connectivity index (χ4v) is 1.93. The Hall–Kier alpha value is -1.71. The number of phenols is 1. The molecule has 0 atom stereocenters. The molecule has 1 saturated heterocycles. The highest BCUT2D eigenvalue weighted by Crippen LogP contribution is 2.27. The highest BCUT2D eigenvalue weighted by molar-refractivity contribution is 5.95. The number of phenolic OH excluding ortho intramolecular Hbond substituents is 1. The van der Waals surface area contributed by atoms with E-state index in [9.17, 15) is 9.90 Å². The van der Waals surface area contributed by atoms with Crippen molar-refractivity contribution in [1.29, 1.82) is 0 Å². The summed E-state index contributed by atoms with van der Waals surface area (Å²) in [5.74, 6) is -0.997. The number of anilines is 1. The van der Waals surface area contributed by atoms with E-state index in [4.69, 9.17) is 5.11 Å². The molecule has 2 N–H and O–H groups in total. The summed E-state index contributed by atoms with van der Waals surface area (Å²) in [5, 5.41) is 18.3. The molecule has 1 heterocycles. The maximum atomic E-state index is 11.0. The predicted octanol–water partition coefficient (Wildman–Crippen LogP) is 1.69. The predicted molar refractivity (Wildman–Crippen MR) is 56.5 cm³/mol. The smallest absolute Gasteiger partial charge is 0.337 e. The Bertz CT molecular complexity index is 383. The van der Waals surface area contributed by atoms with Gasteiger partial charge in [0.1, 0.15) is 5.75 Å². The second kappa shape index (κ2) is 3.81. The Balaban J connectivity index is 2.40. The number of carbonyl (C=O) groups is 1. The van der Waals surface area contributed by atoms with Gasteiger partial charge in [0, 0.05) is 13.1 Å². The summed E-state index contributed by atoms with van der Waals surface area (Å²) in [5.41, 5.74) is 0.884. The van der Waals surface area contributed by atoms with Crippen molar-refractivity contribution >= 4 is 11.7 Å². The van der Waals surface area contributed by atoms with Crippen LogP contribution in [0.2, 0.25) is 0 Å². The van der Waals surface area contributed by atoms with Crippen LogP contribution in [-0.4, -0.2) is 29.3 Å². The van der Waals surface area contributed by atoms with E-state index in [1.54, 1.807) is 6.07 Å². The number of nitrogens with zero attached hydrogens (tertiary/aromatic N) is 1. The fraction of sp³-hybridized carbons (Fsp3) is 0.364. The maximum Gasteiger partial charge on any atom is 0.337 e. The van der Waals surface area contributed by atoms with Crippen LogP contribution in [0.25, 0.3) is 0 Å². The molecule has 0 spiro atoms. The fourth-order valence-electron chi connectivity index (χ4n) is 1.93. The molecule has 15 heavy (non-hydrogen) atoms. The Labute approximate surface area is 87.8 Å². The van der Waals surface area contributed by atoms with E-state index in [2.05, 4.69) is 0 Å². The number of carboxylic acids is 1. The van der Waals surface area contributed by atoms with E-state index < -0.39 is 5.97 Å². The van der Waals surface area contributed by atoms with Crippen molar-refractivity contribution in [2.75, 3.05) is 18.0 Å². The van der Waals surface area contributed by atoms with Gasteiger partial charge in [-0.3, -0.25) is 0 Å². The van der Waals surface area contributed by atoms with Crippen molar-refractivity contribution in [3.05, 3.63) is 23.8 Å². The van der Waals surface area contributed by atoms with Crippen molar-refractivity contribution < 1.29 is 15.0 Å². The number of hydrogen-bond acceptors (Lipinski definition) is 3. The molecule has 4 nitrogen and oxygen atoms in total. The minimum absolute atomic E-state index is 0.00431. The number of hydrogen-bond donors (Lipinski definition) is 2. The normalized spacial score (nSPS) is 15.6. The van der Waals surface area contributed by atoms with Gasteiger partial charge in [0.2, 0.25) is 0 Å². The number of aromatic carboxylic acids is 1. The first-order chi connectivity index (χ1) is 7.18. The molecule has 4 heteroatoms. The average Bonchev–Trinajstić information content (AvgIpc) is 2.70. The summed E-state index contributed by atoms with van der Waals surface area (Å²) < 4.78 is 0. The van der Waals surface area contributed by atoms with Crippen molar-refractivity contribution in [2.45, 2.75) is 12.8 Å². The lowest BCUT2D eigenvalue weighted by atomic mass is 10.1. The van der Waals surface area contributed by atoms with Crippen LogP contribution < -0.4 is 4.90 Å². The second-order valence-electron chi connectivity index (χ2n) is 3.70. The number of rotatable bonds is 2. The minimum Gasteiger partial charge on any atom is -0.508 e. The van der Waals surface area contributed by atoms with Gasteiger partial charge in [-0.25, -0.2) is 4.79 Å². The average molecular weight is 207 g/mol. The van der Waals surface area contributed by atoms with Crippen LogP contribution in [0.4, 0.5) is 5.69 Å². The van der Waals surface area contributed by atoms with E-state index in [0.717, 1.165) is 25.9 Å². The molecule has 2 rings (SSSR count). The standard InChI is InChI=1S/C11H13NO3/c13-8-3-4-10(9(7-8)11(14)15)12-5-1-2-6-12/h3-4,7,13H,1-2,5-6H2,(H,14,15). The van der Waals surface area contributed by atoms with Crippen LogP contribution in [0.1, 0.15) is 23.2 Å². The maximum absolute atomic E-state index is 11.0. The third kappa shape index (κ3) is 1.88. The first kappa shape index (κ1) is 9.83. The topological polar surface area (TPSA) is 60.8 Å². The van der Waals surface area contributed by atoms with Crippen molar-refractivity contribution in [1.82, 2.24) is 0 Å². The molecule has 1 aliphatic rings. The zero-order valence-electron chi connectivity index (χ0n) is 8.31. The molecule has 1 fully saturated rings. The first-order valence-electron chi connectivity index (χ1n) is 5.00. The van der Waals surface area contributed by atoms with E-state index in [-0.39, 0.29) is 11.3 Å². The van der Waals surface area contributed by atoms with Gasteiger partial charge in [-0.15, -0.1) is 0 Å². The summed E-state index contributed by atoms with van der Waals surface area (Å²) in [6.45, 7) is 1.79. The molecule has 0 aromatic heterocycles. The first-order valence-corrected chi connectivity index (χ1v) is 5.00. The Morgan fingerprint density at radius 2 is 1.93 bits per heavy atom. The van der Waals surface area contributed by atoms with E-state index in [0.29, 0.717) is 5.69 Å². The van der Waals surface area contributed by atoms with Crippen LogP contribution in [0, 0.1) is 0 Å². The van der Waals surface area contributed by atoms with Gasteiger partial charge in [0.05, 0.1) is 11.3 Å². The number of aromatic hydroxyl groups is 1. The molecular weight excluding hydrogens is 194 g/mol. The molecule has 0 aliphatic carbocycles. The van der Waals surface area contributed by atoms with Crippen LogP contribution in [-0.2, 0) is 0 Å². The zero-order valence-corrected chi connectivity index (χ0v) is 8.31. The molecular formula is C11H13NO3. The molecule has 1 aromatic rings. The Morgan fingerprint density at radius 3 is 2.53 bits per heavy atom. The second-order valence-corrected chi connectivity index (χ2v) is 3.70. The molecule has 1 aromatic carbocycles. The molecule has 1 aliphatic heterocycles. The Morgan fingerprint density at radius 1 is 1.27 bits per heavy atom. The molecule has 0 unspecified atom stereocenters. The molecule has 0 amide bonds. The number of benzene rings is 1. The SMILES string of the molecule is O=C(O)c1cc(O)ccc1N1CCCC1. The summed E-state index contributed by atoms with van der Waals surface area (Å²) >= 11 is 0. The van der Waals surface area contributed by atoms with Gasteiger partial charge in [-0.2, -0.15) is 0 Å². The van der Waals surface area contributed by atoms with Crippen molar-refractivity contribution in [3.8, 4) is 5.75 Å². The van der Waals surface area contributed by atoms with E-state index in [1.165, 1.54) is 12.1 Å². The quantitative estimate of drug-likeness (QED) is 0.774. The molecule has 0 saturated carbocycles. The van der Waals surface area contributed by atoms with Gasteiger partial charge in [0.25, 0.3) is 0 Å². The largest absolute Gasteiger partial charge is 0.508 e. The van der Waals surface area contributed by atoms with Crippen LogP contribution in [0.15, 0.2) is 18.2 Å². The Kier molecular flexibility index (Phi) is 2.49. The van der Waals surface area contributed by atoms with Crippen LogP contribution >= 0.6 is 0 Å². The summed E-state index contributed by atoms with van der Waals surface area (Å²) in [6, 6.07) is 4.50. The highest BCUT2D eigenvalue weighted by Gasteiger charge is 2.19. The third-order valence-corrected chi connectivity index (χ3v) is 2.66.